The normalized spacial score (nSPS) is 15.9. The van der Waals surface area contributed by atoms with Crippen LogP contribution < -0.4 is 9.47 Å². The quantitative estimate of drug-likeness (QED) is 0.776. The number of rotatable bonds is 5. The molecule has 1 aliphatic rings. The van der Waals surface area contributed by atoms with Crippen LogP contribution in [0, 0.1) is 0 Å². The summed E-state index contributed by atoms with van der Waals surface area (Å²) in [4.78, 5) is 16.7. The Hall–Kier alpha value is -1.46. The van der Waals surface area contributed by atoms with E-state index in [1.54, 1.807) is 32.4 Å². The molecule has 1 saturated heterocycles. The fourth-order valence-corrected chi connectivity index (χ4v) is 2.68. The molecule has 1 aromatic rings. The largest absolute Gasteiger partial charge is 0.493 e. The lowest BCUT2D eigenvalue weighted by atomic mass is 10.1. The molecule has 0 atom stereocenters. The maximum atomic E-state index is 12.5. The second-order valence-corrected chi connectivity index (χ2v) is 5.27. The third kappa shape index (κ3) is 3.80. The van der Waals surface area contributed by atoms with Crippen molar-refractivity contribution in [2.45, 2.75) is 0 Å². The first-order chi connectivity index (χ1) is 10.2. The van der Waals surface area contributed by atoms with Crippen molar-refractivity contribution in [3.63, 3.8) is 0 Å². The van der Waals surface area contributed by atoms with Crippen molar-refractivity contribution in [3.8, 4) is 11.5 Å². The van der Waals surface area contributed by atoms with Crippen molar-refractivity contribution in [2.24, 2.45) is 0 Å². The Kier molecular flexibility index (Phi) is 5.70. The molecule has 1 amide bonds. The van der Waals surface area contributed by atoms with E-state index in [2.05, 4.69) is 4.90 Å². The van der Waals surface area contributed by atoms with E-state index < -0.39 is 0 Å². The van der Waals surface area contributed by atoms with Crippen molar-refractivity contribution < 1.29 is 14.3 Å². The standard InChI is InChI=1S/C15H21ClN2O3/c1-20-13-4-3-12(11-14(13)21-2)15(19)18-9-7-17(6-5-16)8-10-18/h3-4,11H,5-10H2,1-2H3. The van der Waals surface area contributed by atoms with Crippen LogP contribution in [-0.4, -0.2) is 68.5 Å². The Morgan fingerprint density at radius 1 is 1.14 bits per heavy atom. The first-order valence-electron chi connectivity index (χ1n) is 6.99. The van der Waals surface area contributed by atoms with Gasteiger partial charge < -0.3 is 14.4 Å². The average molecular weight is 313 g/mol. The summed E-state index contributed by atoms with van der Waals surface area (Å²) >= 11 is 5.74. The maximum Gasteiger partial charge on any atom is 0.254 e. The van der Waals surface area contributed by atoms with E-state index in [-0.39, 0.29) is 5.91 Å². The van der Waals surface area contributed by atoms with Gasteiger partial charge in [-0.3, -0.25) is 9.69 Å². The van der Waals surface area contributed by atoms with E-state index in [1.807, 2.05) is 4.90 Å². The monoisotopic (exact) mass is 312 g/mol. The summed E-state index contributed by atoms with van der Waals surface area (Å²) in [5.41, 5.74) is 0.624. The number of carbonyl (C=O) groups is 1. The Morgan fingerprint density at radius 2 is 1.81 bits per heavy atom. The van der Waals surface area contributed by atoms with E-state index in [9.17, 15) is 4.79 Å². The highest BCUT2D eigenvalue weighted by Crippen LogP contribution is 2.28. The van der Waals surface area contributed by atoms with Crippen molar-refractivity contribution in [3.05, 3.63) is 23.8 Å². The zero-order valence-corrected chi connectivity index (χ0v) is 13.2. The molecule has 1 aromatic carbocycles. The molecule has 116 valence electrons. The van der Waals surface area contributed by atoms with Crippen LogP contribution in [0.4, 0.5) is 0 Å². The third-order valence-electron chi connectivity index (χ3n) is 3.69. The molecule has 1 aliphatic heterocycles. The molecule has 0 N–H and O–H groups in total. The highest BCUT2D eigenvalue weighted by Gasteiger charge is 2.22. The summed E-state index contributed by atoms with van der Waals surface area (Å²) in [5.74, 6) is 1.86. The molecule has 0 saturated carbocycles. The van der Waals surface area contributed by atoms with Crippen LogP contribution in [0.1, 0.15) is 10.4 Å². The lowest BCUT2D eigenvalue weighted by molar-refractivity contribution is 0.0644. The lowest BCUT2D eigenvalue weighted by Gasteiger charge is -2.34. The number of carbonyl (C=O) groups excluding carboxylic acids is 1. The topological polar surface area (TPSA) is 42.0 Å². The first kappa shape index (κ1) is 15.9. The SMILES string of the molecule is COc1ccc(C(=O)N2CCN(CCCl)CC2)cc1OC. The van der Waals surface area contributed by atoms with Crippen LogP contribution in [0.2, 0.25) is 0 Å². The van der Waals surface area contributed by atoms with E-state index in [1.165, 1.54) is 0 Å². The maximum absolute atomic E-state index is 12.5. The van der Waals surface area contributed by atoms with Gasteiger partial charge in [-0.05, 0) is 18.2 Å². The molecule has 1 fully saturated rings. The second-order valence-electron chi connectivity index (χ2n) is 4.89. The minimum atomic E-state index is 0.0291. The Bertz CT molecular complexity index is 488. The Morgan fingerprint density at radius 3 is 2.38 bits per heavy atom. The number of halogens is 1. The molecule has 0 unspecified atom stereocenters. The van der Waals surface area contributed by atoms with Crippen LogP contribution in [-0.2, 0) is 0 Å². The van der Waals surface area contributed by atoms with Crippen molar-refractivity contribution >= 4 is 17.5 Å². The molecule has 1 heterocycles. The van der Waals surface area contributed by atoms with Gasteiger partial charge in [0.1, 0.15) is 0 Å². The highest BCUT2D eigenvalue weighted by molar-refractivity contribution is 6.18. The van der Waals surface area contributed by atoms with Gasteiger partial charge in [0.05, 0.1) is 14.2 Å². The second kappa shape index (κ2) is 7.52. The molecular weight excluding hydrogens is 292 g/mol. The van der Waals surface area contributed by atoms with Gasteiger partial charge >= 0.3 is 0 Å². The fourth-order valence-electron chi connectivity index (χ4n) is 2.45. The highest BCUT2D eigenvalue weighted by atomic mass is 35.5. The number of amides is 1. The Labute approximate surface area is 130 Å². The fraction of sp³-hybridized carbons (Fsp3) is 0.533. The molecule has 6 heteroatoms. The van der Waals surface area contributed by atoms with Crippen LogP contribution in [0.3, 0.4) is 0 Å². The number of piperazine rings is 1. The van der Waals surface area contributed by atoms with Crippen molar-refractivity contribution in [1.82, 2.24) is 9.80 Å². The summed E-state index contributed by atoms with van der Waals surface area (Å²) in [6, 6.07) is 5.26. The van der Waals surface area contributed by atoms with Crippen LogP contribution in [0.25, 0.3) is 0 Å². The van der Waals surface area contributed by atoms with Crippen molar-refractivity contribution in [1.29, 1.82) is 0 Å². The molecule has 0 aromatic heterocycles. The van der Waals surface area contributed by atoms with Gasteiger partial charge in [0.25, 0.3) is 5.91 Å². The van der Waals surface area contributed by atoms with Gasteiger partial charge in [0.15, 0.2) is 11.5 Å². The molecule has 0 aliphatic carbocycles. The number of ether oxygens (including phenoxy) is 2. The third-order valence-corrected chi connectivity index (χ3v) is 3.86. The number of methoxy groups -OCH3 is 2. The molecule has 0 bridgehead atoms. The van der Waals surface area contributed by atoms with E-state index in [4.69, 9.17) is 21.1 Å². The smallest absolute Gasteiger partial charge is 0.254 e. The first-order valence-corrected chi connectivity index (χ1v) is 7.52. The molecule has 2 rings (SSSR count). The van der Waals surface area contributed by atoms with Gasteiger partial charge in [0.2, 0.25) is 0 Å². The van der Waals surface area contributed by atoms with Gasteiger partial charge in [0, 0.05) is 44.2 Å². The molecule has 5 nitrogen and oxygen atoms in total. The predicted molar refractivity (Wildman–Crippen MR) is 82.6 cm³/mol. The zero-order chi connectivity index (χ0) is 15.2. The summed E-state index contributed by atoms with van der Waals surface area (Å²) in [6.45, 7) is 4.06. The Balaban J connectivity index is 2.04. The van der Waals surface area contributed by atoms with Gasteiger partial charge in [-0.25, -0.2) is 0 Å². The number of alkyl halides is 1. The lowest BCUT2D eigenvalue weighted by Crippen LogP contribution is -2.49. The van der Waals surface area contributed by atoms with Gasteiger partial charge in [-0.1, -0.05) is 0 Å². The molecule has 0 radical (unpaired) electrons. The average Bonchev–Trinajstić information content (AvgIpc) is 2.54. The minimum Gasteiger partial charge on any atom is -0.493 e. The summed E-state index contributed by atoms with van der Waals surface area (Å²) in [5, 5.41) is 0. The molecule has 21 heavy (non-hydrogen) atoms. The van der Waals surface area contributed by atoms with Crippen molar-refractivity contribution in [2.75, 3.05) is 52.8 Å². The number of benzene rings is 1. The van der Waals surface area contributed by atoms with Crippen LogP contribution in [0.5, 0.6) is 11.5 Å². The molecule has 0 spiro atoms. The van der Waals surface area contributed by atoms with Crippen LogP contribution >= 0.6 is 11.6 Å². The van der Waals surface area contributed by atoms with Gasteiger partial charge in [-0.2, -0.15) is 0 Å². The van der Waals surface area contributed by atoms with E-state index in [0.29, 0.717) is 22.9 Å². The van der Waals surface area contributed by atoms with Gasteiger partial charge in [-0.15, -0.1) is 11.6 Å². The summed E-state index contributed by atoms with van der Waals surface area (Å²) in [6.07, 6.45) is 0. The van der Waals surface area contributed by atoms with E-state index >= 15 is 0 Å². The van der Waals surface area contributed by atoms with E-state index in [0.717, 1.165) is 32.7 Å². The number of hydrogen-bond acceptors (Lipinski definition) is 4. The summed E-state index contributed by atoms with van der Waals surface area (Å²) in [7, 11) is 3.15. The number of nitrogens with zero attached hydrogens (tertiary/aromatic N) is 2. The zero-order valence-electron chi connectivity index (χ0n) is 12.5. The predicted octanol–water partition coefficient (Wildman–Crippen LogP) is 1.70. The molecular formula is C15H21ClN2O3. The van der Waals surface area contributed by atoms with Crippen LogP contribution in [0.15, 0.2) is 18.2 Å². The number of hydrogen-bond donors (Lipinski definition) is 0. The minimum absolute atomic E-state index is 0.0291. The summed E-state index contributed by atoms with van der Waals surface area (Å²) < 4.78 is 10.4.